The molecule has 2 amide bonds. The molecule has 0 aliphatic rings. The van der Waals surface area contributed by atoms with Crippen LogP contribution in [-0.4, -0.2) is 25.7 Å². The second-order valence-electron chi connectivity index (χ2n) is 3.79. The number of carbonyl (C=O) groups is 2. The number of rotatable bonds is 4. The summed E-state index contributed by atoms with van der Waals surface area (Å²) in [5.74, 6) is -0.496. The zero-order valence-electron chi connectivity index (χ0n) is 10.6. The molecule has 0 aliphatic heterocycles. The fourth-order valence-electron chi connectivity index (χ4n) is 1.33. The van der Waals surface area contributed by atoms with Gasteiger partial charge in [-0.1, -0.05) is 6.07 Å². The number of urea groups is 1. The third-order valence-electron chi connectivity index (χ3n) is 2.29. The van der Waals surface area contributed by atoms with Gasteiger partial charge in [-0.05, 0) is 18.2 Å². The van der Waals surface area contributed by atoms with E-state index in [9.17, 15) is 22.8 Å². The molecule has 0 spiro atoms. The summed E-state index contributed by atoms with van der Waals surface area (Å²) in [6.07, 6.45) is -4.49. The number of benzene rings is 1. The van der Waals surface area contributed by atoms with Crippen LogP contribution < -0.4 is 10.6 Å². The van der Waals surface area contributed by atoms with Crippen LogP contribution in [0.3, 0.4) is 0 Å². The first-order valence-corrected chi connectivity index (χ1v) is 5.62. The van der Waals surface area contributed by atoms with Crippen LogP contribution in [0.25, 0.3) is 0 Å². The zero-order chi connectivity index (χ0) is 15.2. The van der Waals surface area contributed by atoms with Gasteiger partial charge in [0, 0.05) is 12.2 Å². The van der Waals surface area contributed by atoms with Crippen molar-refractivity contribution in [1.29, 1.82) is 0 Å². The lowest BCUT2D eigenvalue weighted by molar-refractivity contribution is -0.140. The van der Waals surface area contributed by atoms with Crippen LogP contribution in [0.4, 0.5) is 23.7 Å². The van der Waals surface area contributed by atoms with E-state index in [0.29, 0.717) is 0 Å². The Labute approximate surface area is 113 Å². The lowest BCUT2D eigenvalue weighted by Gasteiger charge is -2.10. The van der Waals surface area contributed by atoms with E-state index in [1.807, 2.05) is 0 Å². The molecule has 0 unspecified atom stereocenters. The molecule has 0 saturated heterocycles. The number of carbonyl (C=O) groups excluding carboxylic acids is 2. The van der Waals surface area contributed by atoms with Crippen molar-refractivity contribution in [2.24, 2.45) is 0 Å². The van der Waals surface area contributed by atoms with E-state index in [4.69, 9.17) is 0 Å². The molecule has 0 saturated carbocycles. The van der Waals surface area contributed by atoms with Gasteiger partial charge < -0.3 is 15.4 Å². The maximum absolute atomic E-state index is 12.5. The molecule has 2 N–H and O–H groups in total. The monoisotopic (exact) mass is 290 g/mol. The molecule has 0 fully saturated rings. The van der Waals surface area contributed by atoms with E-state index >= 15 is 0 Å². The molecule has 1 aromatic rings. The number of alkyl halides is 3. The Balaban J connectivity index is 2.52. The molecule has 1 rings (SSSR count). The topological polar surface area (TPSA) is 67.4 Å². The third-order valence-corrected chi connectivity index (χ3v) is 2.29. The second-order valence-corrected chi connectivity index (χ2v) is 3.79. The van der Waals surface area contributed by atoms with E-state index in [2.05, 4.69) is 15.4 Å². The Bertz CT molecular complexity index is 489. The van der Waals surface area contributed by atoms with Gasteiger partial charge in [0.2, 0.25) is 0 Å². The van der Waals surface area contributed by atoms with Crippen LogP contribution >= 0.6 is 0 Å². The van der Waals surface area contributed by atoms with Crippen LogP contribution in [-0.2, 0) is 15.7 Å². The maximum Gasteiger partial charge on any atom is 0.416 e. The van der Waals surface area contributed by atoms with Gasteiger partial charge in [0.05, 0.1) is 19.1 Å². The molecule has 0 bridgehead atoms. The molecule has 110 valence electrons. The Kier molecular flexibility index (Phi) is 5.36. The summed E-state index contributed by atoms with van der Waals surface area (Å²) >= 11 is 0. The highest BCUT2D eigenvalue weighted by molar-refractivity contribution is 5.89. The van der Waals surface area contributed by atoms with Crippen molar-refractivity contribution in [2.45, 2.75) is 12.6 Å². The van der Waals surface area contributed by atoms with E-state index < -0.39 is 23.7 Å². The van der Waals surface area contributed by atoms with E-state index in [1.165, 1.54) is 19.2 Å². The Morgan fingerprint density at radius 1 is 1.30 bits per heavy atom. The fourth-order valence-corrected chi connectivity index (χ4v) is 1.33. The van der Waals surface area contributed by atoms with Crippen molar-refractivity contribution in [3.8, 4) is 0 Å². The van der Waals surface area contributed by atoms with Crippen molar-refractivity contribution in [1.82, 2.24) is 5.32 Å². The van der Waals surface area contributed by atoms with Gasteiger partial charge in [0.15, 0.2) is 0 Å². The van der Waals surface area contributed by atoms with Crippen LogP contribution in [0.5, 0.6) is 0 Å². The average molecular weight is 290 g/mol. The molecule has 0 heterocycles. The Morgan fingerprint density at radius 3 is 2.60 bits per heavy atom. The van der Waals surface area contributed by atoms with Gasteiger partial charge in [-0.15, -0.1) is 0 Å². The largest absolute Gasteiger partial charge is 0.469 e. The number of halogens is 3. The molecular weight excluding hydrogens is 277 g/mol. The SMILES string of the molecule is COC(=O)CCNC(=O)Nc1cccc(C(F)(F)F)c1. The lowest BCUT2D eigenvalue weighted by Crippen LogP contribution is -2.30. The Hall–Kier alpha value is -2.25. The summed E-state index contributed by atoms with van der Waals surface area (Å²) in [7, 11) is 1.21. The van der Waals surface area contributed by atoms with E-state index in [1.54, 1.807) is 0 Å². The maximum atomic E-state index is 12.5. The predicted molar refractivity (Wildman–Crippen MR) is 65.1 cm³/mol. The van der Waals surface area contributed by atoms with E-state index in [-0.39, 0.29) is 18.7 Å². The summed E-state index contributed by atoms with van der Waals surface area (Å²) in [6.45, 7) is 0.0253. The molecule has 0 radical (unpaired) electrons. The number of esters is 1. The number of nitrogens with one attached hydrogen (secondary N) is 2. The first-order chi connectivity index (χ1) is 9.32. The molecular formula is C12H13F3N2O3. The molecule has 5 nitrogen and oxygen atoms in total. The smallest absolute Gasteiger partial charge is 0.416 e. The second kappa shape index (κ2) is 6.78. The fraction of sp³-hybridized carbons (Fsp3) is 0.333. The van der Waals surface area contributed by atoms with E-state index in [0.717, 1.165) is 12.1 Å². The van der Waals surface area contributed by atoms with Crippen LogP contribution in [0.15, 0.2) is 24.3 Å². The number of anilines is 1. The van der Waals surface area contributed by atoms with Gasteiger partial charge in [0.25, 0.3) is 0 Å². The minimum absolute atomic E-state index is 0.00962. The number of amides is 2. The average Bonchev–Trinajstić information content (AvgIpc) is 2.37. The molecule has 20 heavy (non-hydrogen) atoms. The van der Waals surface area contributed by atoms with Crippen molar-refractivity contribution in [3.05, 3.63) is 29.8 Å². The zero-order valence-corrected chi connectivity index (χ0v) is 10.6. The third kappa shape index (κ3) is 5.17. The lowest BCUT2D eigenvalue weighted by atomic mass is 10.2. The highest BCUT2D eigenvalue weighted by Gasteiger charge is 2.30. The normalized spacial score (nSPS) is 10.8. The molecule has 0 aliphatic carbocycles. The number of methoxy groups -OCH3 is 1. The summed E-state index contributed by atoms with van der Waals surface area (Å²) in [4.78, 5) is 22.2. The molecule has 8 heteroatoms. The summed E-state index contributed by atoms with van der Waals surface area (Å²) in [6, 6.07) is 3.54. The van der Waals surface area contributed by atoms with Crippen LogP contribution in [0.1, 0.15) is 12.0 Å². The van der Waals surface area contributed by atoms with Crippen molar-refractivity contribution in [3.63, 3.8) is 0 Å². The molecule has 0 aromatic heterocycles. The van der Waals surface area contributed by atoms with Gasteiger partial charge in [0.1, 0.15) is 0 Å². The van der Waals surface area contributed by atoms with Crippen LogP contribution in [0.2, 0.25) is 0 Å². The van der Waals surface area contributed by atoms with Gasteiger partial charge >= 0.3 is 18.2 Å². The quantitative estimate of drug-likeness (QED) is 0.837. The van der Waals surface area contributed by atoms with Gasteiger partial charge in [-0.3, -0.25) is 4.79 Å². The van der Waals surface area contributed by atoms with Crippen LogP contribution in [0, 0.1) is 0 Å². The summed E-state index contributed by atoms with van der Waals surface area (Å²) in [5.41, 5.74) is -0.847. The minimum atomic E-state index is -4.47. The van der Waals surface area contributed by atoms with Gasteiger partial charge in [-0.2, -0.15) is 13.2 Å². The first kappa shape index (κ1) is 15.8. The van der Waals surface area contributed by atoms with Crippen molar-refractivity contribution >= 4 is 17.7 Å². The number of hydrogen-bond donors (Lipinski definition) is 2. The van der Waals surface area contributed by atoms with Crippen molar-refractivity contribution < 1.29 is 27.5 Å². The summed E-state index contributed by atoms with van der Waals surface area (Å²) < 4.78 is 41.7. The highest BCUT2D eigenvalue weighted by Crippen LogP contribution is 2.30. The summed E-state index contributed by atoms with van der Waals surface area (Å²) in [5, 5.41) is 4.57. The highest BCUT2D eigenvalue weighted by atomic mass is 19.4. The Morgan fingerprint density at radius 2 is 2.00 bits per heavy atom. The first-order valence-electron chi connectivity index (χ1n) is 5.62. The van der Waals surface area contributed by atoms with Gasteiger partial charge in [-0.25, -0.2) is 4.79 Å². The standard InChI is InChI=1S/C12H13F3N2O3/c1-20-10(18)5-6-16-11(19)17-9-4-2-3-8(7-9)12(13,14)15/h2-4,7H,5-6H2,1H3,(H2,16,17,19). The predicted octanol–water partition coefficient (Wildman–Crippen LogP) is 2.39. The molecule has 1 aromatic carbocycles. The molecule has 0 atom stereocenters. The number of hydrogen-bond acceptors (Lipinski definition) is 3. The van der Waals surface area contributed by atoms with Crippen molar-refractivity contribution in [2.75, 3.05) is 19.0 Å². The minimum Gasteiger partial charge on any atom is -0.469 e. The number of ether oxygens (including phenoxy) is 1.